The molecule has 0 bridgehead atoms. The van der Waals surface area contributed by atoms with Gasteiger partial charge in [0.05, 0.1) is 25.8 Å². The van der Waals surface area contributed by atoms with E-state index in [1.165, 1.54) is 4.90 Å². The zero-order chi connectivity index (χ0) is 15.4. The number of aliphatic carboxylic acids is 1. The summed E-state index contributed by atoms with van der Waals surface area (Å²) in [6.45, 7) is 2.68. The lowest BCUT2D eigenvalue weighted by molar-refractivity contribution is -0.142. The number of hydrogen-bond acceptors (Lipinski definition) is 5. The Morgan fingerprint density at radius 3 is 2.90 bits per heavy atom. The Hall–Kier alpha value is -1.87. The summed E-state index contributed by atoms with van der Waals surface area (Å²) >= 11 is 1.03. The predicted octanol–water partition coefficient (Wildman–Crippen LogP) is 0.0675. The highest BCUT2D eigenvalue weighted by Gasteiger charge is 2.39. The van der Waals surface area contributed by atoms with Gasteiger partial charge in [-0.1, -0.05) is 11.3 Å². The Labute approximate surface area is 124 Å². The first-order valence-corrected chi connectivity index (χ1v) is 7.42. The van der Waals surface area contributed by atoms with Crippen LogP contribution in [0, 0.1) is 5.92 Å². The summed E-state index contributed by atoms with van der Waals surface area (Å²) in [6, 6.07) is -0.847. The fourth-order valence-electron chi connectivity index (χ4n) is 2.29. The van der Waals surface area contributed by atoms with Crippen LogP contribution in [0.25, 0.3) is 0 Å². The molecule has 2 unspecified atom stereocenters. The maximum Gasteiger partial charge on any atom is 0.318 e. The van der Waals surface area contributed by atoms with Crippen LogP contribution in [0.15, 0.2) is 10.2 Å². The standard InChI is InChI=1S/C12H17N3O5S/c1-2-15(9-5-20-4-8(9)10(16)17)11(18)13-3-7-6-21-12(19)14-7/h6,8-9H,2-5H2,1H3,(H,13,18)(H,14,19)(H,16,17). The molecule has 2 rings (SSSR count). The number of aromatic nitrogens is 1. The Morgan fingerprint density at radius 1 is 1.57 bits per heavy atom. The molecule has 1 aromatic heterocycles. The lowest BCUT2D eigenvalue weighted by Gasteiger charge is -2.29. The minimum absolute atomic E-state index is 0.113. The van der Waals surface area contributed by atoms with Crippen molar-refractivity contribution in [2.45, 2.75) is 19.5 Å². The first-order chi connectivity index (χ1) is 10.0. The molecule has 2 atom stereocenters. The number of H-pyrrole nitrogens is 1. The van der Waals surface area contributed by atoms with E-state index < -0.39 is 17.9 Å². The van der Waals surface area contributed by atoms with Gasteiger partial charge in [0.1, 0.15) is 5.92 Å². The van der Waals surface area contributed by atoms with E-state index in [0.29, 0.717) is 12.2 Å². The van der Waals surface area contributed by atoms with Crippen LogP contribution in [0.2, 0.25) is 0 Å². The monoisotopic (exact) mass is 315 g/mol. The highest BCUT2D eigenvalue weighted by molar-refractivity contribution is 7.07. The van der Waals surface area contributed by atoms with Crippen molar-refractivity contribution in [3.8, 4) is 0 Å². The molecule has 3 N–H and O–H groups in total. The number of amides is 2. The minimum atomic E-state index is -0.967. The van der Waals surface area contributed by atoms with Crippen molar-refractivity contribution in [2.24, 2.45) is 5.92 Å². The number of hydrogen-bond donors (Lipinski definition) is 3. The van der Waals surface area contributed by atoms with Gasteiger partial charge in [-0.15, -0.1) is 0 Å². The average molecular weight is 315 g/mol. The van der Waals surface area contributed by atoms with Crippen LogP contribution in [0.1, 0.15) is 12.6 Å². The average Bonchev–Trinajstić information content (AvgIpc) is 3.06. The molecule has 0 saturated carbocycles. The fraction of sp³-hybridized carbons (Fsp3) is 0.583. The highest BCUT2D eigenvalue weighted by atomic mass is 32.1. The number of aromatic amines is 1. The molecule has 0 aliphatic carbocycles. The smallest absolute Gasteiger partial charge is 0.318 e. The fourth-order valence-corrected chi connectivity index (χ4v) is 2.87. The van der Waals surface area contributed by atoms with E-state index in [2.05, 4.69) is 10.3 Å². The van der Waals surface area contributed by atoms with Gasteiger partial charge in [-0.2, -0.15) is 0 Å². The van der Waals surface area contributed by atoms with Gasteiger partial charge in [-0.3, -0.25) is 9.59 Å². The van der Waals surface area contributed by atoms with Crippen LogP contribution >= 0.6 is 11.3 Å². The lowest BCUT2D eigenvalue weighted by Crippen LogP contribution is -2.50. The van der Waals surface area contributed by atoms with Crippen molar-refractivity contribution in [3.63, 3.8) is 0 Å². The summed E-state index contributed by atoms with van der Waals surface area (Å²) < 4.78 is 5.18. The van der Waals surface area contributed by atoms with E-state index in [1.807, 2.05) is 0 Å². The normalized spacial score (nSPS) is 21.2. The van der Waals surface area contributed by atoms with E-state index in [0.717, 1.165) is 11.3 Å². The molecule has 0 aromatic carbocycles. The highest BCUT2D eigenvalue weighted by Crippen LogP contribution is 2.20. The lowest BCUT2D eigenvalue weighted by atomic mass is 10.0. The molecule has 116 valence electrons. The largest absolute Gasteiger partial charge is 0.481 e. The maximum atomic E-state index is 12.2. The Balaban J connectivity index is 1.98. The molecule has 8 nitrogen and oxygen atoms in total. The van der Waals surface area contributed by atoms with Crippen molar-refractivity contribution in [1.82, 2.24) is 15.2 Å². The molecule has 1 fully saturated rings. The minimum Gasteiger partial charge on any atom is -0.481 e. The number of nitrogens with one attached hydrogen (secondary N) is 2. The summed E-state index contributed by atoms with van der Waals surface area (Å²) in [5.74, 6) is -1.68. The predicted molar refractivity (Wildman–Crippen MR) is 75.3 cm³/mol. The van der Waals surface area contributed by atoms with Crippen LogP contribution in [-0.4, -0.2) is 52.8 Å². The quantitative estimate of drug-likeness (QED) is 0.712. The number of carbonyl (C=O) groups excluding carboxylic acids is 1. The van der Waals surface area contributed by atoms with Gasteiger partial charge in [-0.05, 0) is 6.92 Å². The van der Waals surface area contributed by atoms with Gasteiger partial charge in [0.25, 0.3) is 0 Å². The third-order valence-electron chi connectivity index (χ3n) is 3.37. The van der Waals surface area contributed by atoms with Crippen molar-refractivity contribution >= 4 is 23.3 Å². The molecule has 9 heteroatoms. The number of ether oxygens (including phenoxy) is 1. The number of carboxylic acid groups (broad SMARTS) is 1. The second-order valence-corrected chi connectivity index (χ2v) is 5.51. The van der Waals surface area contributed by atoms with E-state index >= 15 is 0 Å². The van der Waals surface area contributed by atoms with Crippen molar-refractivity contribution in [3.05, 3.63) is 20.7 Å². The third kappa shape index (κ3) is 3.61. The van der Waals surface area contributed by atoms with E-state index in [4.69, 9.17) is 9.84 Å². The number of carboxylic acids is 1. The number of carbonyl (C=O) groups is 2. The van der Waals surface area contributed by atoms with E-state index in [9.17, 15) is 14.4 Å². The number of urea groups is 1. The van der Waals surface area contributed by atoms with Crippen LogP contribution in [-0.2, 0) is 16.1 Å². The second kappa shape index (κ2) is 6.72. The summed E-state index contributed by atoms with van der Waals surface area (Å²) in [6.07, 6.45) is 0. The summed E-state index contributed by atoms with van der Waals surface area (Å²) in [4.78, 5) is 38.2. The molecule has 1 aliphatic heterocycles. The van der Waals surface area contributed by atoms with Crippen LogP contribution < -0.4 is 10.2 Å². The first kappa shape index (κ1) is 15.5. The van der Waals surface area contributed by atoms with Gasteiger partial charge < -0.3 is 25.0 Å². The molecular formula is C12H17N3O5S. The summed E-state index contributed by atoms with van der Waals surface area (Å²) in [7, 11) is 0. The molecule has 1 aromatic rings. The van der Waals surface area contributed by atoms with Gasteiger partial charge in [0, 0.05) is 17.6 Å². The number of likely N-dealkylation sites (N-methyl/N-ethyl adjacent to an activating group) is 1. The zero-order valence-corrected chi connectivity index (χ0v) is 12.3. The topological polar surface area (TPSA) is 112 Å². The van der Waals surface area contributed by atoms with Crippen LogP contribution in [0.4, 0.5) is 4.79 Å². The SMILES string of the molecule is CCN(C(=O)NCc1csc(=O)[nH]1)C1COCC1C(=O)O. The molecule has 1 saturated heterocycles. The van der Waals surface area contributed by atoms with Crippen molar-refractivity contribution < 1.29 is 19.4 Å². The Morgan fingerprint density at radius 2 is 2.33 bits per heavy atom. The van der Waals surface area contributed by atoms with Crippen LogP contribution in [0.3, 0.4) is 0 Å². The number of rotatable bonds is 5. The number of nitrogens with zero attached hydrogens (tertiary/aromatic N) is 1. The molecule has 1 aliphatic rings. The van der Waals surface area contributed by atoms with Crippen molar-refractivity contribution in [1.29, 1.82) is 0 Å². The molecule has 2 heterocycles. The third-order valence-corrected chi connectivity index (χ3v) is 4.09. The summed E-state index contributed by atoms with van der Waals surface area (Å²) in [5, 5.41) is 13.5. The molecule has 0 radical (unpaired) electrons. The summed E-state index contributed by atoms with van der Waals surface area (Å²) in [5.41, 5.74) is 0.617. The number of thiazole rings is 1. The second-order valence-electron chi connectivity index (χ2n) is 4.67. The Bertz CT molecular complexity index is 569. The molecular weight excluding hydrogens is 298 g/mol. The zero-order valence-electron chi connectivity index (χ0n) is 11.5. The van der Waals surface area contributed by atoms with E-state index in [1.54, 1.807) is 12.3 Å². The van der Waals surface area contributed by atoms with Crippen LogP contribution in [0.5, 0.6) is 0 Å². The van der Waals surface area contributed by atoms with Crippen molar-refractivity contribution in [2.75, 3.05) is 19.8 Å². The van der Waals surface area contributed by atoms with Gasteiger partial charge in [0.15, 0.2) is 0 Å². The molecule has 0 spiro atoms. The van der Waals surface area contributed by atoms with Gasteiger partial charge >= 0.3 is 16.9 Å². The Kier molecular flexibility index (Phi) is 4.97. The van der Waals surface area contributed by atoms with Gasteiger partial charge in [0.2, 0.25) is 0 Å². The first-order valence-electron chi connectivity index (χ1n) is 6.54. The van der Waals surface area contributed by atoms with Gasteiger partial charge in [-0.25, -0.2) is 4.79 Å². The maximum absolute atomic E-state index is 12.2. The molecule has 21 heavy (non-hydrogen) atoms. The molecule has 2 amide bonds. The van der Waals surface area contributed by atoms with E-state index in [-0.39, 0.29) is 30.7 Å².